The van der Waals surface area contributed by atoms with Gasteiger partial charge in [0, 0.05) is 19.2 Å². The average Bonchev–Trinajstić information content (AvgIpc) is 2.31. The summed E-state index contributed by atoms with van der Waals surface area (Å²) in [5, 5.41) is 12.8. The molecule has 1 aromatic heterocycles. The molecule has 0 atom stereocenters. The normalized spacial score (nSPS) is 10.5. The average molecular weight is 196 g/mol. The minimum absolute atomic E-state index is 0.226. The zero-order chi connectivity index (χ0) is 10.7. The molecule has 0 aliphatic rings. The van der Waals surface area contributed by atoms with Gasteiger partial charge in [0.15, 0.2) is 0 Å². The lowest BCUT2D eigenvalue weighted by Gasteiger charge is -2.01. The summed E-state index contributed by atoms with van der Waals surface area (Å²) in [7, 11) is 1.90. The highest BCUT2D eigenvalue weighted by atomic mass is 16.4. The van der Waals surface area contributed by atoms with E-state index in [0.29, 0.717) is 6.42 Å². The number of aryl methyl sites for hydroxylation is 2. The molecule has 1 aromatic rings. The fourth-order valence-corrected chi connectivity index (χ4v) is 1.57. The summed E-state index contributed by atoms with van der Waals surface area (Å²) in [5.41, 5.74) is 3.35. The van der Waals surface area contributed by atoms with Crippen molar-refractivity contribution in [3.63, 3.8) is 0 Å². The van der Waals surface area contributed by atoms with Gasteiger partial charge in [0.05, 0.1) is 5.69 Å². The first-order valence-electron chi connectivity index (χ1n) is 4.73. The van der Waals surface area contributed by atoms with Crippen LogP contribution in [0, 0.1) is 13.8 Å². The molecule has 1 heterocycles. The van der Waals surface area contributed by atoms with E-state index in [2.05, 4.69) is 5.10 Å². The van der Waals surface area contributed by atoms with Crippen LogP contribution in [0.2, 0.25) is 0 Å². The molecule has 1 N–H and O–H groups in total. The molecule has 4 heteroatoms. The van der Waals surface area contributed by atoms with Crippen LogP contribution >= 0.6 is 0 Å². The Morgan fingerprint density at radius 1 is 1.50 bits per heavy atom. The summed E-state index contributed by atoms with van der Waals surface area (Å²) in [6, 6.07) is 0. The molecule has 0 bridgehead atoms. The number of nitrogens with zero attached hydrogens (tertiary/aromatic N) is 2. The highest BCUT2D eigenvalue weighted by molar-refractivity contribution is 5.66. The largest absolute Gasteiger partial charge is 0.481 e. The molecule has 0 aliphatic heterocycles. The molecular formula is C10H16N2O2. The molecule has 0 saturated carbocycles. The molecule has 1 rings (SSSR count). The van der Waals surface area contributed by atoms with E-state index in [4.69, 9.17) is 5.11 Å². The van der Waals surface area contributed by atoms with Crippen molar-refractivity contribution in [1.82, 2.24) is 9.78 Å². The molecule has 0 spiro atoms. The lowest BCUT2D eigenvalue weighted by Crippen LogP contribution is -2.02. The molecule has 0 amide bonds. The topological polar surface area (TPSA) is 55.1 Å². The smallest absolute Gasteiger partial charge is 0.303 e. The molecule has 14 heavy (non-hydrogen) atoms. The zero-order valence-corrected chi connectivity index (χ0v) is 8.87. The summed E-state index contributed by atoms with van der Waals surface area (Å²) < 4.78 is 1.84. The van der Waals surface area contributed by atoms with Crippen LogP contribution in [-0.2, 0) is 18.3 Å². The Labute approximate surface area is 83.5 Å². The number of carboxylic acid groups (broad SMARTS) is 1. The minimum Gasteiger partial charge on any atom is -0.481 e. The van der Waals surface area contributed by atoms with Gasteiger partial charge in [-0.05, 0) is 32.3 Å². The van der Waals surface area contributed by atoms with Crippen molar-refractivity contribution < 1.29 is 9.90 Å². The molecule has 4 nitrogen and oxygen atoms in total. The molecule has 0 radical (unpaired) electrons. The third-order valence-electron chi connectivity index (χ3n) is 2.47. The first kappa shape index (κ1) is 10.8. The summed E-state index contributed by atoms with van der Waals surface area (Å²) in [6.45, 7) is 3.99. The third-order valence-corrected chi connectivity index (χ3v) is 2.47. The SMILES string of the molecule is Cc1nn(C)c(CCCC(=O)O)c1C. The van der Waals surface area contributed by atoms with Gasteiger partial charge in [-0.2, -0.15) is 5.10 Å². The zero-order valence-electron chi connectivity index (χ0n) is 8.87. The molecule has 78 valence electrons. The van der Waals surface area contributed by atoms with E-state index in [1.807, 2.05) is 25.6 Å². The Hall–Kier alpha value is -1.32. The van der Waals surface area contributed by atoms with E-state index in [1.54, 1.807) is 0 Å². The quantitative estimate of drug-likeness (QED) is 0.792. The van der Waals surface area contributed by atoms with Crippen LogP contribution < -0.4 is 0 Å². The second-order valence-electron chi connectivity index (χ2n) is 3.53. The second-order valence-corrected chi connectivity index (χ2v) is 3.53. The van der Waals surface area contributed by atoms with Gasteiger partial charge in [-0.25, -0.2) is 0 Å². The van der Waals surface area contributed by atoms with Crippen molar-refractivity contribution in [3.8, 4) is 0 Å². The number of aromatic nitrogens is 2. The van der Waals surface area contributed by atoms with Crippen LogP contribution in [0.25, 0.3) is 0 Å². The maximum atomic E-state index is 10.3. The maximum absolute atomic E-state index is 10.3. The molecule has 0 saturated heterocycles. The molecule has 0 aliphatic carbocycles. The second kappa shape index (κ2) is 4.26. The monoisotopic (exact) mass is 196 g/mol. The number of aliphatic carboxylic acids is 1. The van der Waals surface area contributed by atoms with Crippen molar-refractivity contribution in [2.24, 2.45) is 7.05 Å². The number of carbonyl (C=O) groups is 1. The fourth-order valence-electron chi connectivity index (χ4n) is 1.57. The van der Waals surface area contributed by atoms with Crippen LogP contribution in [0.15, 0.2) is 0 Å². The van der Waals surface area contributed by atoms with Crippen LogP contribution in [0.5, 0.6) is 0 Å². The highest BCUT2D eigenvalue weighted by Gasteiger charge is 2.08. The lowest BCUT2D eigenvalue weighted by molar-refractivity contribution is -0.137. The van der Waals surface area contributed by atoms with Crippen molar-refractivity contribution >= 4 is 5.97 Å². The molecule has 0 aromatic carbocycles. The van der Waals surface area contributed by atoms with E-state index in [0.717, 1.165) is 17.8 Å². The van der Waals surface area contributed by atoms with Crippen LogP contribution in [0.4, 0.5) is 0 Å². The summed E-state index contributed by atoms with van der Waals surface area (Å²) >= 11 is 0. The summed E-state index contributed by atoms with van der Waals surface area (Å²) in [4.78, 5) is 10.3. The fraction of sp³-hybridized carbons (Fsp3) is 0.600. The number of hydrogen-bond donors (Lipinski definition) is 1. The first-order valence-corrected chi connectivity index (χ1v) is 4.73. The Bertz CT molecular complexity index is 342. The Morgan fingerprint density at radius 3 is 2.57 bits per heavy atom. The molecule has 0 fully saturated rings. The van der Waals surface area contributed by atoms with Gasteiger partial charge in [-0.3, -0.25) is 9.48 Å². The Morgan fingerprint density at radius 2 is 2.14 bits per heavy atom. The third kappa shape index (κ3) is 2.34. The standard InChI is InChI=1S/C10H16N2O2/c1-7-8(2)11-12(3)9(7)5-4-6-10(13)14/h4-6H2,1-3H3,(H,13,14). The van der Waals surface area contributed by atoms with E-state index < -0.39 is 5.97 Å². The van der Waals surface area contributed by atoms with Crippen molar-refractivity contribution in [1.29, 1.82) is 0 Å². The number of rotatable bonds is 4. The minimum atomic E-state index is -0.735. The van der Waals surface area contributed by atoms with Gasteiger partial charge in [0.2, 0.25) is 0 Å². The van der Waals surface area contributed by atoms with Gasteiger partial charge in [0.1, 0.15) is 0 Å². The van der Waals surface area contributed by atoms with Gasteiger partial charge >= 0.3 is 5.97 Å². The molecular weight excluding hydrogens is 180 g/mol. The van der Waals surface area contributed by atoms with Gasteiger partial charge in [-0.15, -0.1) is 0 Å². The van der Waals surface area contributed by atoms with Crippen molar-refractivity contribution in [3.05, 3.63) is 17.0 Å². The number of hydrogen-bond acceptors (Lipinski definition) is 2. The van der Waals surface area contributed by atoms with Gasteiger partial charge in [-0.1, -0.05) is 0 Å². The maximum Gasteiger partial charge on any atom is 0.303 e. The summed E-state index contributed by atoms with van der Waals surface area (Å²) in [5.74, 6) is -0.735. The van der Waals surface area contributed by atoms with Crippen LogP contribution in [-0.4, -0.2) is 20.9 Å². The Balaban J connectivity index is 2.62. The highest BCUT2D eigenvalue weighted by Crippen LogP contribution is 2.13. The number of carboxylic acids is 1. The van der Waals surface area contributed by atoms with Crippen LogP contribution in [0.1, 0.15) is 29.8 Å². The van der Waals surface area contributed by atoms with E-state index >= 15 is 0 Å². The predicted molar refractivity (Wildman–Crippen MR) is 53.3 cm³/mol. The molecule has 0 unspecified atom stereocenters. The van der Waals surface area contributed by atoms with E-state index in [1.165, 1.54) is 5.56 Å². The van der Waals surface area contributed by atoms with Crippen LogP contribution in [0.3, 0.4) is 0 Å². The van der Waals surface area contributed by atoms with E-state index in [9.17, 15) is 4.79 Å². The van der Waals surface area contributed by atoms with Crippen molar-refractivity contribution in [2.45, 2.75) is 33.1 Å². The first-order chi connectivity index (χ1) is 6.52. The lowest BCUT2D eigenvalue weighted by atomic mass is 10.1. The van der Waals surface area contributed by atoms with Gasteiger partial charge in [0.25, 0.3) is 0 Å². The Kier molecular flexibility index (Phi) is 3.28. The predicted octanol–water partition coefficient (Wildman–Crippen LogP) is 1.44. The van der Waals surface area contributed by atoms with Crippen molar-refractivity contribution in [2.75, 3.05) is 0 Å². The van der Waals surface area contributed by atoms with E-state index in [-0.39, 0.29) is 6.42 Å². The summed E-state index contributed by atoms with van der Waals surface area (Å²) in [6.07, 6.45) is 1.69. The van der Waals surface area contributed by atoms with Gasteiger partial charge < -0.3 is 5.11 Å².